The highest BCUT2D eigenvalue weighted by Gasteiger charge is 2.38. The Kier molecular flexibility index (Phi) is 3.15. The van der Waals surface area contributed by atoms with Crippen molar-refractivity contribution in [2.45, 2.75) is 32.5 Å². The standard InChI is InChI=1S/C10H19BO3/c1-10(2)7-13-11(14-8-10)9-3-5-12-6-4-9/h9H,3-8H2,1-2H3. The van der Waals surface area contributed by atoms with Crippen LogP contribution in [0.5, 0.6) is 0 Å². The van der Waals surface area contributed by atoms with Crippen molar-refractivity contribution < 1.29 is 14.0 Å². The first-order chi connectivity index (χ1) is 6.67. The molecule has 0 amide bonds. The van der Waals surface area contributed by atoms with Crippen molar-refractivity contribution >= 4 is 7.12 Å². The second-order valence-corrected chi connectivity index (χ2v) is 5.10. The van der Waals surface area contributed by atoms with Crippen molar-refractivity contribution in [3.63, 3.8) is 0 Å². The predicted molar refractivity (Wildman–Crippen MR) is 55.2 cm³/mol. The third-order valence-corrected chi connectivity index (χ3v) is 2.93. The highest BCUT2D eigenvalue weighted by Crippen LogP contribution is 2.31. The lowest BCUT2D eigenvalue weighted by atomic mass is 9.66. The topological polar surface area (TPSA) is 27.7 Å². The van der Waals surface area contributed by atoms with Crippen LogP contribution in [0.2, 0.25) is 5.82 Å². The molecule has 2 aliphatic heterocycles. The van der Waals surface area contributed by atoms with Gasteiger partial charge in [-0.25, -0.2) is 0 Å². The first kappa shape index (κ1) is 10.5. The summed E-state index contributed by atoms with van der Waals surface area (Å²) in [5.74, 6) is 0.542. The molecule has 0 unspecified atom stereocenters. The Bertz CT molecular complexity index is 180. The van der Waals surface area contributed by atoms with Crippen LogP contribution in [0.4, 0.5) is 0 Å². The lowest BCUT2D eigenvalue weighted by Crippen LogP contribution is -2.44. The van der Waals surface area contributed by atoms with Gasteiger partial charge >= 0.3 is 7.12 Å². The van der Waals surface area contributed by atoms with Gasteiger partial charge in [-0.3, -0.25) is 0 Å². The summed E-state index contributed by atoms with van der Waals surface area (Å²) < 4.78 is 16.8. The molecule has 0 atom stereocenters. The molecule has 2 aliphatic rings. The lowest BCUT2D eigenvalue weighted by Gasteiger charge is -2.36. The third-order valence-electron chi connectivity index (χ3n) is 2.93. The molecule has 0 aromatic carbocycles. The highest BCUT2D eigenvalue weighted by atomic mass is 16.6. The average molecular weight is 198 g/mol. The maximum absolute atomic E-state index is 5.75. The van der Waals surface area contributed by atoms with Crippen LogP contribution >= 0.6 is 0 Å². The summed E-state index contributed by atoms with van der Waals surface area (Å²) in [7, 11) is 0.0203. The zero-order chi connectivity index (χ0) is 10.0. The fourth-order valence-electron chi connectivity index (χ4n) is 1.97. The fourth-order valence-corrected chi connectivity index (χ4v) is 1.97. The first-order valence-corrected chi connectivity index (χ1v) is 5.48. The Balaban J connectivity index is 1.82. The van der Waals surface area contributed by atoms with Gasteiger partial charge in [0.05, 0.1) is 0 Å². The Labute approximate surface area is 86.2 Å². The van der Waals surface area contributed by atoms with Crippen molar-refractivity contribution in [2.75, 3.05) is 26.4 Å². The molecule has 0 aromatic rings. The SMILES string of the molecule is CC1(C)COB(C2CCOCC2)OC1. The van der Waals surface area contributed by atoms with Crippen LogP contribution in [0.3, 0.4) is 0 Å². The molecule has 0 aliphatic carbocycles. The van der Waals surface area contributed by atoms with E-state index in [-0.39, 0.29) is 12.5 Å². The van der Waals surface area contributed by atoms with Crippen molar-refractivity contribution in [3.05, 3.63) is 0 Å². The van der Waals surface area contributed by atoms with Gasteiger partial charge in [-0.2, -0.15) is 0 Å². The highest BCUT2D eigenvalue weighted by molar-refractivity contribution is 6.46. The van der Waals surface area contributed by atoms with Gasteiger partial charge in [0.25, 0.3) is 0 Å². The molecule has 3 nitrogen and oxygen atoms in total. The molecule has 2 rings (SSSR count). The maximum atomic E-state index is 5.75. The van der Waals surface area contributed by atoms with Gasteiger partial charge in [0.2, 0.25) is 0 Å². The number of hydrogen-bond acceptors (Lipinski definition) is 3. The molecule has 0 bridgehead atoms. The van der Waals surface area contributed by atoms with Crippen LogP contribution in [0, 0.1) is 5.41 Å². The third kappa shape index (κ3) is 2.50. The second kappa shape index (κ2) is 4.21. The number of hydrogen-bond donors (Lipinski definition) is 0. The quantitative estimate of drug-likeness (QED) is 0.600. The minimum absolute atomic E-state index is 0.0203. The van der Waals surface area contributed by atoms with Gasteiger partial charge in [-0.05, 0) is 18.7 Å². The van der Waals surface area contributed by atoms with Crippen LogP contribution in [-0.4, -0.2) is 33.5 Å². The predicted octanol–water partition coefficient (Wildman–Crippen LogP) is 1.73. The van der Waals surface area contributed by atoms with Gasteiger partial charge in [0.1, 0.15) is 0 Å². The number of rotatable bonds is 1. The maximum Gasteiger partial charge on any atom is 0.460 e. The monoisotopic (exact) mass is 198 g/mol. The van der Waals surface area contributed by atoms with Crippen molar-refractivity contribution in [3.8, 4) is 0 Å². The van der Waals surface area contributed by atoms with Crippen LogP contribution in [-0.2, 0) is 14.0 Å². The molecule has 0 aromatic heterocycles. The van der Waals surface area contributed by atoms with Gasteiger partial charge in [-0.15, -0.1) is 0 Å². The van der Waals surface area contributed by atoms with Gasteiger partial charge in [0.15, 0.2) is 0 Å². The largest absolute Gasteiger partial charge is 0.460 e. The zero-order valence-corrected chi connectivity index (χ0v) is 9.12. The summed E-state index contributed by atoms with van der Waals surface area (Å²) in [6.07, 6.45) is 2.15. The first-order valence-electron chi connectivity index (χ1n) is 5.48. The van der Waals surface area contributed by atoms with Crippen molar-refractivity contribution in [1.82, 2.24) is 0 Å². The Hall–Kier alpha value is -0.0551. The van der Waals surface area contributed by atoms with Gasteiger partial charge in [0, 0.05) is 31.8 Å². The molecule has 2 heterocycles. The summed E-state index contributed by atoms with van der Waals surface area (Å²) >= 11 is 0. The molecule has 14 heavy (non-hydrogen) atoms. The molecular weight excluding hydrogens is 179 g/mol. The van der Waals surface area contributed by atoms with Gasteiger partial charge in [-0.1, -0.05) is 13.8 Å². The van der Waals surface area contributed by atoms with E-state index in [4.69, 9.17) is 14.0 Å². The Morgan fingerprint density at radius 3 is 2.21 bits per heavy atom. The molecule has 0 N–H and O–H groups in total. The summed E-state index contributed by atoms with van der Waals surface area (Å²) in [6, 6.07) is 0. The normalized spacial score (nSPS) is 29.1. The van der Waals surface area contributed by atoms with Crippen LogP contribution in [0.1, 0.15) is 26.7 Å². The summed E-state index contributed by atoms with van der Waals surface area (Å²) in [4.78, 5) is 0. The molecule has 0 saturated carbocycles. The summed E-state index contributed by atoms with van der Waals surface area (Å²) in [6.45, 7) is 7.69. The fraction of sp³-hybridized carbons (Fsp3) is 1.00. The van der Waals surface area contributed by atoms with E-state index in [1.165, 1.54) is 0 Å². The molecule has 0 radical (unpaired) electrons. The number of ether oxygens (including phenoxy) is 1. The Morgan fingerprint density at radius 1 is 1.07 bits per heavy atom. The molecule has 80 valence electrons. The van der Waals surface area contributed by atoms with E-state index >= 15 is 0 Å². The van der Waals surface area contributed by atoms with E-state index in [2.05, 4.69) is 13.8 Å². The van der Waals surface area contributed by atoms with Crippen LogP contribution in [0.25, 0.3) is 0 Å². The molecule has 4 heteroatoms. The summed E-state index contributed by atoms with van der Waals surface area (Å²) in [5.41, 5.74) is 0.182. The van der Waals surface area contributed by atoms with Crippen molar-refractivity contribution in [2.24, 2.45) is 5.41 Å². The Morgan fingerprint density at radius 2 is 1.64 bits per heavy atom. The van der Waals surface area contributed by atoms with E-state index in [0.29, 0.717) is 5.82 Å². The molecule has 2 saturated heterocycles. The van der Waals surface area contributed by atoms with Crippen molar-refractivity contribution in [1.29, 1.82) is 0 Å². The van der Waals surface area contributed by atoms with Crippen LogP contribution < -0.4 is 0 Å². The summed E-state index contributed by atoms with van der Waals surface area (Å²) in [5, 5.41) is 0. The van der Waals surface area contributed by atoms with E-state index in [0.717, 1.165) is 39.3 Å². The second-order valence-electron chi connectivity index (χ2n) is 5.10. The smallest absolute Gasteiger partial charge is 0.410 e. The minimum Gasteiger partial charge on any atom is -0.410 e. The minimum atomic E-state index is 0.0203. The molecular formula is C10H19BO3. The van der Waals surface area contributed by atoms with E-state index in [1.54, 1.807) is 0 Å². The average Bonchev–Trinajstić information content (AvgIpc) is 2.19. The van der Waals surface area contributed by atoms with E-state index in [1.807, 2.05) is 0 Å². The van der Waals surface area contributed by atoms with E-state index in [9.17, 15) is 0 Å². The molecule has 2 fully saturated rings. The van der Waals surface area contributed by atoms with Gasteiger partial charge < -0.3 is 14.0 Å². The van der Waals surface area contributed by atoms with Crippen LogP contribution in [0.15, 0.2) is 0 Å². The molecule has 0 spiro atoms. The lowest BCUT2D eigenvalue weighted by molar-refractivity contribution is 0.0135. The van der Waals surface area contributed by atoms with E-state index < -0.39 is 0 Å². The zero-order valence-electron chi connectivity index (χ0n) is 9.12.